The molecule has 72 valence electrons. The molecule has 0 aromatic carbocycles. The van der Waals surface area contributed by atoms with Crippen LogP contribution in [0.3, 0.4) is 0 Å². The van der Waals surface area contributed by atoms with Crippen molar-refractivity contribution in [2.45, 2.75) is 12.5 Å². The molecule has 2 rings (SSSR count). The van der Waals surface area contributed by atoms with Gasteiger partial charge in [0.1, 0.15) is 6.33 Å². The van der Waals surface area contributed by atoms with Crippen molar-refractivity contribution in [1.29, 1.82) is 0 Å². The molecule has 2 heterocycles. The van der Waals surface area contributed by atoms with Crippen molar-refractivity contribution in [3.63, 3.8) is 0 Å². The topological polar surface area (TPSA) is 74.7 Å². The van der Waals surface area contributed by atoms with Crippen LogP contribution >= 0.6 is 0 Å². The molecule has 0 radical (unpaired) electrons. The molecule has 0 aliphatic carbocycles. The maximum absolute atomic E-state index is 9.71. The lowest BCUT2D eigenvalue weighted by molar-refractivity contribution is 0.178. The highest BCUT2D eigenvalue weighted by Crippen LogP contribution is 2.21. The fraction of sp³-hybridized carbons (Fsp3) is 0.222. The fourth-order valence-electron chi connectivity index (χ4n) is 1.31. The molecule has 0 aliphatic rings. The first-order valence-corrected chi connectivity index (χ1v) is 4.26. The van der Waals surface area contributed by atoms with E-state index in [2.05, 4.69) is 26.7 Å². The average molecular weight is 190 g/mol. The number of rotatable bonds is 3. The van der Waals surface area contributed by atoms with Crippen LogP contribution in [0.1, 0.15) is 18.2 Å². The van der Waals surface area contributed by atoms with Crippen molar-refractivity contribution in [3.05, 3.63) is 30.9 Å². The number of H-pyrrole nitrogens is 1. The second kappa shape index (κ2) is 3.55. The number of hydrogen-bond acceptors (Lipinski definition) is 4. The third-order valence-corrected chi connectivity index (χ3v) is 1.99. The van der Waals surface area contributed by atoms with E-state index < -0.39 is 6.10 Å². The zero-order valence-electron chi connectivity index (χ0n) is 7.51. The molecule has 14 heavy (non-hydrogen) atoms. The highest BCUT2D eigenvalue weighted by atomic mass is 16.3. The van der Waals surface area contributed by atoms with Gasteiger partial charge in [-0.05, 0) is 6.42 Å². The molecule has 5 heteroatoms. The highest BCUT2D eigenvalue weighted by molar-refractivity contribution is 5.76. The minimum Gasteiger partial charge on any atom is -0.386 e. The monoisotopic (exact) mass is 190 g/mol. The van der Waals surface area contributed by atoms with E-state index in [1.54, 1.807) is 12.3 Å². The van der Waals surface area contributed by atoms with Crippen molar-refractivity contribution < 1.29 is 5.11 Å². The molecule has 0 fully saturated rings. The summed E-state index contributed by atoms with van der Waals surface area (Å²) >= 11 is 0. The van der Waals surface area contributed by atoms with E-state index in [0.717, 1.165) is 5.39 Å². The van der Waals surface area contributed by atoms with Crippen LogP contribution < -0.4 is 0 Å². The SMILES string of the molecule is C=CCC(O)c1[nH]nc2ncncc12. The third kappa shape index (κ3) is 1.38. The van der Waals surface area contributed by atoms with Crippen LogP contribution in [0.15, 0.2) is 25.2 Å². The first kappa shape index (κ1) is 8.83. The molecule has 0 aliphatic heterocycles. The van der Waals surface area contributed by atoms with Crippen LogP contribution in [0.25, 0.3) is 11.0 Å². The van der Waals surface area contributed by atoms with Crippen LogP contribution in [0.2, 0.25) is 0 Å². The molecule has 0 bridgehead atoms. The maximum atomic E-state index is 9.71. The zero-order valence-corrected chi connectivity index (χ0v) is 7.51. The van der Waals surface area contributed by atoms with E-state index >= 15 is 0 Å². The van der Waals surface area contributed by atoms with E-state index in [9.17, 15) is 5.11 Å². The number of nitrogens with one attached hydrogen (secondary N) is 1. The van der Waals surface area contributed by atoms with Gasteiger partial charge in [0.25, 0.3) is 0 Å². The number of nitrogens with zero attached hydrogens (tertiary/aromatic N) is 3. The summed E-state index contributed by atoms with van der Waals surface area (Å²) in [5.74, 6) is 0. The smallest absolute Gasteiger partial charge is 0.184 e. The molecule has 1 unspecified atom stereocenters. The van der Waals surface area contributed by atoms with Crippen molar-refractivity contribution >= 4 is 11.0 Å². The Morgan fingerprint density at radius 3 is 3.29 bits per heavy atom. The quantitative estimate of drug-likeness (QED) is 0.707. The number of aliphatic hydroxyl groups excluding tert-OH is 1. The molecule has 2 N–H and O–H groups in total. The summed E-state index contributed by atoms with van der Waals surface area (Å²) in [6.45, 7) is 3.57. The Labute approximate surface area is 80.5 Å². The predicted molar refractivity (Wildman–Crippen MR) is 51.5 cm³/mol. The lowest BCUT2D eigenvalue weighted by Crippen LogP contribution is -1.96. The Kier molecular flexibility index (Phi) is 2.24. The Morgan fingerprint density at radius 2 is 2.50 bits per heavy atom. The summed E-state index contributed by atoms with van der Waals surface area (Å²) in [6.07, 6.45) is 4.57. The molecule has 2 aromatic rings. The van der Waals surface area contributed by atoms with Gasteiger partial charge < -0.3 is 5.11 Å². The average Bonchev–Trinajstić information content (AvgIpc) is 2.61. The van der Waals surface area contributed by atoms with Gasteiger partial charge in [-0.2, -0.15) is 5.10 Å². The van der Waals surface area contributed by atoms with Crippen LogP contribution in [-0.2, 0) is 0 Å². The molecule has 2 aromatic heterocycles. The van der Waals surface area contributed by atoms with Crippen molar-refractivity contribution in [3.8, 4) is 0 Å². The van der Waals surface area contributed by atoms with Crippen LogP contribution in [0, 0.1) is 0 Å². The maximum Gasteiger partial charge on any atom is 0.184 e. The number of hydrogen-bond donors (Lipinski definition) is 2. The van der Waals surface area contributed by atoms with Crippen LogP contribution in [-0.4, -0.2) is 25.3 Å². The predicted octanol–water partition coefficient (Wildman–Crippen LogP) is 0.962. The van der Waals surface area contributed by atoms with Gasteiger partial charge in [0.2, 0.25) is 0 Å². The van der Waals surface area contributed by atoms with Crippen molar-refractivity contribution in [1.82, 2.24) is 20.2 Å². The molecular weight excluding hydrogens is 180 g/mol. The number of aromatic amines is 1. The Bertz CT molecular complexity index is 451. The highest BCUT2D eigenvalue weighted by Gasteiger charge is 2.13. The molecule has 5 nitrogen and oxygen atoms in total. The van der Waals surface area contributed by atoms with Gasteiger partial charge in [-0.3, -0.25) is 5.10 Å². The molecule has 0 saturated heterocycles. The Hall–Kier alpha value is -1.75. The van der Waals surface area contributed by atoms with Gasteiger partial charge in [0, 0.05) is 6.20 Å². The standard InChI is InChI=1S/C9H10N4O/c1-2-3-7(14)8-6-4-10-5-11-9(6)13-12-8/h2,4-5,7,14H,1,3H2,(H,10,11,12,13). The molecule has 1 atom stereocenters. The third-order valence-electron chi connectivity index (χ3n) is 1.99. The van der Waals surface area contributed by atoms with E-state index in [0.29, 0.717) is 17.8 Å². The lowest BCUT2D eigenvalue weighted by Gasteiger charge is -2.04. The second-order valence-electron chi connectivity index (χ2n) is 2.94. The summed E-state index contributed by atoms with van der Waals surface area (Å²) in [6, 6.07) is 0. The first-order valence-electron chi connectivity index (χ1n) is 4.26. The summed E-state index contributed by atoms with van der Waals surface area (Å²) in [4.78, 5) is 7.83. The Morgan fingerprint density at radius 1 is 1.64 bits per heavy atom. The summed E-state index contributed by atoms with van der Waals surface area (Å²) in [5.41, 5.74) is 1.21. The lowest BCUT2D eigenvalue weighted by atomic mass is 10.1. The van der Waals surface area contributed by atoms with Gasteiger partial charge in [-0.1, -0.05) is 6.08 Å². The molecule has 0 amide bonds. The molecular formula is C9H10N4O. The van der Waals surface area contributed by atoms with E-state index in [4.69, 9.17) is 0 Å². The largest absolute Gasteiger partial charge is 0.386 e. The van der Waals surface area contributed by atoms with Gasteiger partial charge in [-0.15, -0.1) is 6.58 Å². The van der Waals surface area contributed by atoms with E-state index in [1.165, 1.54) is 6.33 Å². The molecule has 0 saturated carbocycles. The summed E-state index contributed by atoms with van der Waals surface area (Å²) in [7, 11) is 0. The zero-order chi connectivity index (χ0) is 9.97. The number of aliphatic hydroxyl groups is 1. The minimum atomic E-state index is -0.622. The van der Waals surface area contributed by atoms with Gasteiger partial charge >= 0.3 is 0 Å². The number of fused-ring (bicyclic) bond motifs is 1. The van der Waals surface area contributed by atoms with Crippen LogP contribution in [0.5, 0.6) is 0 Å². The first-order chi connectivity index (χ1) is 6.83. The van der Waals surface area contributed by atoms with Crippen molar-refractivity contribution in [2.24, 2.45) is 0 Å². The number of aromatic nitrogens is 4. The van der Waals surface area contributed by atoms with E-state index in [-0.39, 0.29) is 0 Å². The van der Waals surface area contributed by atoms with Gasteiger partial charge in [-0.25, -0.2) is 9.97 Å². The van der Waals surface area contributed by atoms with Crippen LogP contribution in [0.4, 0.5) is 0 Å². The minimum absolute atomic E-state index is 0.478. The summed E-state index contributed by atoms with van der Waals surface area (Å²) in [5, 5.41) is 17.2. The summed E-state index contributed by atoms with van der Waals surface area (Å²) < 4.78 is 0. The van der Waals surface area contributed by atoms with Crippen molar-refractivity contribution in [2.75, 3.05) is 0 Å². The van der Waals surface area contributed by atoms with Gasteiger partial charge in [0.15, 0.2) is 5.65 Å². The second-order valence-corrected chi connectivity index (χ2v) is 2.94. The fourth-order valence-corrected chi connectivity index (χ4v) is 1.31. The molecule has 0 spiro atoms. The van der Waals surface area contributed by atoms with Gasteiger partial charge in [0.05, 0.1) is 17.2 Å². The normalized spacial score (nSPS) is 12.9. The Balaban J connectivity index is 2.47. The van der Waals surface area contributed by atoms with E-state index in [1.807, 2.05) is 0 Å².